The molecule has 0 aliphatic carbocycles. The number of aliphatic hydroxyl groups is 1. The molecule has 0 aromatic heterocycles. The summed E-state index contributed by atoms with van der Waals surface area (Å²) in [6, 6.07) is 5.68. The quantitative estimate of drug-likeness (QED) is 0.753. The molecule has 0 saturated carbocycles. The molecular formula is C12H15NO3. The minimum Gasteiger partial charge on any atom is -0.486 e. The topological polar surface area (TPSA) is 41.9 Å². The highest BCUT2D eigenvalue weighted by Gasteiger charge is 2.41. The van der Waals surface area contributed by atoms with Crippen molar-refractivity contribution < 1.29 is 14.6 Å². The number of likely N-dealkylation sites (N-methyl/N-ethyl adjacent to an activating group) is 1. The smallest absolute Gasteiger partial charge is 0.161 e. The summed E-state index contributed by atoms with van der Waals surface area (Å²) in [5.74, 6) is 1.51. The predicted molar refractivity (Wildman–Crippen MR) is 58.8 cm³/mol. The van der Waals surface area contributed by atoms with Crippen LogP contribution in [0.3, 0.4) is 0 Å². The van der Waals surface area contributed by atoms with Gasteiger partial charge in [-0.15, -0.1) is 0 Å². The van der Waals surface area contributed by atoms with Gasteiger partial charge in [-0.2, -0.15) is 0 Å². The lowest BCUT2D eigenvalue weighted by molar-refractivity contribution is -0.0920. The van der Waals surface area contributed by atoms with E-state index in [9.17, 15) is 5.11 Å². The molecule has 4 heteroatoms. The van der Waals surface area contributed by atoms with E-state index in [0.717, 1.165) is 17.1 Å². The van der Waals surface area contributed by atoms with Crippen LogP contribution < -0.4 is 9.47 Å². The highest BCUT2D eigenvalue weighted by Crippen LogP contribution is 2.37. The molecule has 16 heavy (non-hydrogen) atoms. The van der Waals surface area contributed by atoms with Crippen LogP contribution in [0.2, 0.25) is 0 Å². The van der Waals surface area contributed by atoms with Crippen LogP contribution in [0.5, 0.6) is 11.5 Å². The second-order valence-electron chi connectivity index (χ2n) is 4.56. The van der Waals surface area contributed by atoms with E-state index < -0.39 is 5.60 Å². The molecule has 1 fully saturated rings. The SMILES string of the molecule is CN1CC(O)(c2ccc3c(c2)OCCO3)C1. The number of hydrogen-bond acceptors (Lipinski definition) is 4. The van der Waals surface area contributed by atoms with Crippen LogP contribution in [-0.4, -0.2) is 43.4 Å². The van der Waals surface area contributed by atoms with E-state index in [0.29, 0.717) is 26.3 Å². The fourth-order valence-electron chi connectivity index (χ4n) is 2.36. The summed E-state index contributed by atoms with van der Waals surface area (Å²) in [6.45, 7) is 2.52. The van der Waals surface area contributed by atoms with E-state index in [1.54, 1.807) is 0 Å². The molecule has 1 saturated heterocycles. The Kier molecular flexibility index (Phi) is 2.09. The Hall–Kier alpha value is -1.26. The van der Waals surface area contributed by atoms with E-state index >= 15 is 0 Å². The maximum atomic E-state index is 10.3. The first-order valence-corrected chi connectivity index (χ1v) is 5.48. The maximum Gasteiger partial charge on any atom is 0.161 e. The number of rotatable bonds is 1. The third-order valence-corrected chi connectivity index (χ3v) is 3.14. The van der Waals surface area contributed by atoms with Crippen LogP contribution in [0, 0.1) is 0 Å². The fraction of sp³-hybridized carbons (Fsp3) is 0.500. The van der Waals surface area contributed by atoms with Crippen molar-refractivity contribution >= 4 is 0 Å². The van der Waals surface area contributed by atoms with Gasteiger partial charge in [-0.25, -0.2) is 0 Å². The number of β-amino-alcohol motifs (C(OH)–C–C–N with tert-alkyl or cyclic N) is 1. The van der Waals surface area contributed by atoms with Crippen LogP contribution in [0.15, 0.2) is 18.2 Å². The molecule has 4 nitrogen and oxygen atoms in total. The van der Waals surface area contributed by atoms with Gasteiger partial charge >= 0.3 is 0 Å². The normalized spacial score (nSPS) is 22.6. The average Bonchev–Trinajstić information content (AvgIpc) is 2.26. The van der Waals surface area contributed by atoms with Crippen molar-refractivity contribution in [3.05, 3.63) is 23.8 Å². The van der Waals surface area contributed by atoms with Crippen LogP contribution >= 0.6 is 0 Å². The molecule has 0 radical (unpaired) electrons. The first-order valence-electron chi connectivity index (χ1n) is 5.48. The molecule has 2 aliphatic heterocycles. The molecule has 1 aromatic rings. The van der Waals surface area contributed by atoms with Crippen molar-refractivity contribution in [2.45, 2.75) is 5.60 Å². The van der Waals surface area contributed by atoms with E-state index in [4.69, 9.17) is 9.47 Å². The molecule has 0 bridgehead atoms. The lowest BCUT2D eigenvalue weighted by Gasteiger charge is -2.45. The van der Waals surface area contributed by atoms with Crippen molar-refractivity contribution in [2.24, 2.45) is 0 Å². The molecule has 0 amide bonds. The highest BCUT2D eigenvalue weighted by molar-refractivity contribution is 5.46. The molecular weight excluding hydrogens is 206 g/mol. The summed E-state index contributed by atoms with van der Waals surface area (Å²) < 4.78 is 11.0. The maximum absolute atomic E-state index is 10.3. The van der Waals surface area contributed by atoms with E-state index in [-0.39, 0.29) is 0 Å². The lowest BCUT2D eigenvalue weighted by Crippen LogP contribution is -2.57. The molecule has 0 atom stereocenters. The van der Waals surface area contributed by atoms with Crippen molar-refractivity contribution in [3.8, 4) is 11.5 Å². The second kappa shape index (κ2) is 3.37. The molecule has 2 heterocycles. The third kappa shape index (κ3) is 1.45. The Balaban J connectivity index is 1.91. The predicted octanol–water partition coefficient (Wildman–Crippen LogP) is 0.591. The standard InChI is InChI=1S/C12H15NO3/c1-13-7-12(14,8-13)9-2-3-10-11(6-9)16-5-4-15-10/h2-3,6,14H,4-5,7-8H2,1H3. The Morgan fingerprint density at radius 1 is 1.19 bits per heavy atom. The number of nitrogens with zero attached hydrogens (tertiary/aromatic N) is 1. The summed E-state index contributed by atoms with van der Waals surface area (Å²) in [6.07, 6.45) is 0. The van der Waals surface area contributed by atoms with Gasteiger partial charge in [0, 0.05) is 13.1 Å². The third-order valence-electron chi connectivity index (χ3n) is 3.14. The van der Waals surface area contributed by atoms with Crippen molar-refractivity contribution in [1.82, 2.24) is 4.90 Å². The monoisotopic (exact) mass is 221 g/mol. The Labute approximate surface area is 94.4 Å². The highest BCUT2D eigenvalue weighted by atomic mass is 16.6. The molecule has 3 rings (SSSR count). The van der Waals surface area contributed by atoms with E-state index in [1.807, 2.05) is 25.2 Å². The summed E-state index contributed by atoms with van der Waals surface area (Å²) in [5, 5.41) is 10.3. The number of fused-ring (bicyclic) bond motifs is 1. The number of hydrogen-bond donors (Lipinski definition) is 1. The molecule has 0 unspecified atom stereocenters. The Morgan fingerprint density at radius 3 is 2.56 bits per heavy atom. The van der Waals surface area contributed by atoms with Crippen molar-refractivity contribution in [3.63, 3.8) is 0 Å². The summed E-state index contributed by atoms with van der Waals surface area (Å²) >= 11 is 0. The van der Waals surface area contributed by atoms with E-state index in [2.05, 4.69) is 4.90 Å². The molecule has 1 N–H and O–H groups in total. The van der Waals surface area contributed by atoms with Gasteiger partial charge in [0.25, 0.3) is 0 Å². The van der Waals surface area contributed by atoms with Gasteiger partial charge in [0.05, 0.1) is 0 Å². The van der Waals surface area contributed by atoms with Gasteiger partial charge in [-0.05, 0) is 24.7 Å². The van der Waals surface area contributed by atoms with Crippen LogP contribution in [0.25, 0.3) is 0 Å². The van der Waals surface area contributed by atoms with Crippen LogP contribution in [0.1, 0.15) is 5.56 Å². The number of ether oxygens (including phenoxy) is 2. The van der Waals surface area contributed by atoms with Gasteiger partial charge in [0.1, 0.15) is 18.8 Å². The lowest BCUT2D eigenvalue weighted by atomic mass is 9.86. The minimum absolute atomic E-state index is 0.578. The molecule has 86 valence electrons. The van der Waals surface area contributed by atoms with E-state index in [1.165, 1.54) is 0 Å². The van der Waals surface area contributed by atoms with Gasteiger partial charge < -0.3 is 14.6 Å². The summed E-state index contributed by atoms with van der Waals surface area (Å²) in [4.78, 5) is 2.08. The molecule has 0 spiro atoms. The van der Waals surface area contributed by atoms with Crippen LogP contribution in [-0.2, 0) is 5.60 Å². The van der Waals surface area contributed by atoms with Gasteiger partial charge in [0.15, 0.2) is 11.5 Å². The minimum atomic E-state index is -0.718. The van der Waals surface area contributed by atoms with Crippen molar-refractivity contribution in [2.75, 3.05) is 33.4 Å². The van der Waals surface area contributed by atoms with Gasteiger partial charge in [-0.3, -0.25) is 4.90 Å². The largest absolute Gasteiger partial charge is 0.486 e. The van der Waals surface area contributed by atoms with Gasteiger partial charge in [0.2, 0.25) is 0 Å². The fourth-order valence-corrected chi connectivity index (χ4v) is 2.36. The zero-order valence-corrected chi connectivity index (χ0v) is 9.27. The molecule has 1 aromatic carbocycles. The average molecular weight is 221 g/mol. The summed E-state index contributed by atoms with van der Waals surface area (Å²) in [5.41, 5.74) is 0.194. The zero-order chi connectivity index (χ0) is 11.2. The number of likely N-dealkylation sites (tertiary alicyclic amines) is 1. The Morgan fingerprint density at radius 2 is 1.88 bits per heavy atom. The first kappa shape index (κ1) is 9.93. The number of benzene rings is 1. The van der Waals surface area contributed by atoms with Crippen LogP contribution in [0.4, 0.5) is 0 Å². The second-order valence-corrected chi connectivity index (χ2v) is 4.56. The molecule has 2 aliphatic rings. The first-order chi connectivity index (χ1) is 7.67. The zero-order valence-electron chi connectivity index (χ0n) is 9.27. The summed E-state index contributed by atoms with van der Waals surface area (Å²) in [7, 11) is 1.99. The van der Waals surface area contributed by atoms with Crippen molar-refractivity contribution in [1.29, 1.82) is 0 Å². The Bertz CT molecular complexity index is 413. The van der Waals surface area contributed by atoms with Gasteiger partial charge in [-0.1, -0.05) is 6.07 Å².